The zero-order valence-electron chi connectivity index (χ0n) is 21.7. The van der Waals surface area contributed by atoms with E-state index in [2.05, 4.69) is 5.32 Å². The molecule has 2 amide bonds. The van der Waals surface area contributed by atoms with Crippen molar-refractivity contribution in [2.75, 3.05) is 26.8 Å². The first-order valence-corrected chi connectivity index (χ1v) is 12.0. The lowest BCUT2D eigenvalue weighted by Crippen LogP contribution is -2.52. The predicted molar refractivity (Wildman–Crippen MR) is 138 cm³/mol. The average molecular weight is 532 g/mol. The van der Waals surface area contributed by atoms with E-state index in [0.29, 0.717) is 22.4 Å². The summed E-state index contributed by atoms with van der Waals surface area (Å²) in [5, 5.41) is 34.0. The second-order valence-electron chi connectivity index (χ2n) is 8.95. The van der Waals surface area contributed by atoms with Gasteiger partial charge in [0.25, 0.3) is 5.69 Å². The zero-order chi connectivity index (χ0) is 28.4. The number of urea groups is 1. The van der Waals surface area contributed by atoms with Crippen molar-refractivity contribution in [3.8, 4) is 16.9 Å². The highest BCUT2D eigenvalue weighted by Gasteiger charge is 2.28. The van der Waals surface area contributed by atoms with Gasteiger partial charge in [-0.3, -0.25) is 10.1 Å². The molecule has 0 aliphatic carbocycles. The fourth-order valence-corrected chi connectivity index (χ4v) is 3.75. The van der Waals surface area contributed by atoms with Crippen LogP contribution in [0, 0.1) is 16.0 Å². The second kappa shape index (κ2) is 13.9. The minimum atomic E-state index is -1.60. The molecule has 12 heteroatoms. The third-order valence-corrected chi connectivity index (χ3v) is 5.52. The SMILES string of the molecule is CCOC(=O)C(O)CN(CC(C)C)C(=O)N[C@@H](Cc1ccc(-c2ccc(OC)cc2)c([N+](=O)[O-])c1)C(=O)O. The molecule has 0 aromatic heterocycles. The number of nitrogens with one attached hydrogen (secondary N) is 1. The number of aliphatic hydroxyl groups is 1. The number of hydrogen-bond acceptors (Lipinski definition) is 8. The standard InChI is InChI=1S/C26H33N3O9/c1-5-38-25(33)23(30)15-28(14-16(2)3)26(34)27-21(24(31)32)12-17-6-11-20(22(13-17)29(35)36)18-7-9-19(37-4)10-8-18/h6-11,13,16,21,23,30H,5,12,14-15H2,1-4H3,(H,27,34)(H,31,32)/t21-,23?/m0/s1. The summed E-state index contributed by atoms with van der Waals surface area (Å²) in [6.07, 6.45) is -1.84. The van der Waals surface area contributed by atoms with Crippen molar-refractivity contribution in [1.82, 2.24) is 10.2 Å². The summed E-state index contributed by atoms with van der Waals surface area (Å²) in [7, 11) is 1.51. The molecule has 0 heterocycles. The van der Waals surface area contributed by atoms with Gasteiger partial charge in [-0.25, -0.2) is 14.4 Å². The number of carbonyl (C=O) groups is 3. The Hall–Kier alpha value is -4.19. The molecule has 206 valence electrons. The van der Waals surface area contributed by atoms with E-state index in [-0.39, 0.29) is 31.2 Å². The fraction of sp³-hybridized carbons (Fsp3) is 0.423. The topological polar surface area (TPSA) is 169 Å². The number of aliphatic carboxylic acids is 1. The molecule has 12 nitrogen and oxygen atoms in total. The van der Waals surface area contributed by atoms with Gasteiger partial charge in [0.1, 0.15) is 11.8 Å². The molecule has 3 N–H and O–H groups in total. The molecular formula is C26H33N3O9. The molecule has 2 rings (SSSR count). The Morgan fingerprint density at radius 2 is 1.76 bits per heavy atom. The summed E-state index contributed by atoms with van der Waals surface area (Å²) in [6, 6.07) is 8.82. The lowest BCUT2D eigenvalue weighted by Gasteiger charge is -2.28. The van der Waals surface area contributed by atoms with Gasteiger partial charge in [-0.15, -0.1) is 0 Å². The van der Waals surface area contributed by atoms with Gasteiger partial charge < -0.3 is 29.9 Å². The number of nitro benzene ring substituents is 1. The number of carbonyl (C=O) groups excluding carboxylic acids is 2. The maximum absolute atomic E-state index is 12.9. The van der Waals surface area contributed by atoms with Crippen molar-refractivity contribution in [3.63, 3.8) is 0 Å². The smallest absolute Gasteiger partial charge is 0.336 e. The van der Waals surface area contributed by atoms with Crippen LogP contribution in [0.4, 0.5) is 10.5 Å². The molecule has 38 heavy (non-hydrogen) atoms. The highest BCUT2D eigenvalue weighted by Crippen LogP contribution is 2.32. The van der Waals surface area contributed by atoms with Crippen molar-refractivity contribution >= 4 is 23.7 Å². The number of nitrogens with zero attached hydrogens (tertiary/aromatic N) is 2. The van der Waals surface area contributed by atoms with Crippen LogP contribution >= 0.6 is 0 Å². The van der Waals surface area contributed by atoms with Crippen molar-refractivity contribution < 1.29 is 39.0 Å². The first-order valence-electron chi connectivity index (χ1n) is 12.0. The molecule has 0 aliphatic rings. The van der Waals surface area contributed by atoms with Gasteiger partial charge in [0.15, 0.2) is 6.10 Å². The first-order chi connectivity index (χ1) is 18.0. The van der Waals surface area contributed by atoms with E-state index in [9.17, 15) is 34.7 Å². The van der Waals surface area contributed by atoms with E-state index in [1.165, 1.54) is 19.2 Å². The summed E-state index contributed by atoms with van der Waals surface area (Å²) < 4.78 is 9.89. The highest BCUT2D eigenvalue weighted by molar-refractivity contribution is 5.84. The van der Waals surface area contributed by atoms with E-state index in [0.717, 1.165) is 4.90 Å². The van der Waals surface area contributed by atoms with Crippen LogP contribution in [0.3, 0.4) is 0 Å². The Bertz CT molecular complexity index is 1140. The molecule has 0 aliphatic heterocycles. The number of methoxy groups -OCH3 is 1. The Morgan fingerprint density at radius 1 is 1.11 bits per heavy atom. The van der Waals surface area contributed by atoms with E-state index < -0.39 is 41.6 Å². The average Bonchev–Trinajstić information content (AvgIpc) is 2.87. The van der Waals surface area contributed by atoms with Crippen molar-refractivity contribution in [2.45, 2.75) is 39.3 Å². The first kappa shape index (κ1) is 30.0. The third-order valence-electron chi connectivity index (χ3n) is 5.52. The number of hydrogen-bond donors (Lipinski definition) is 3. The van der Waals surface area contributed by atoms with Crippen LogP contribution in [0.5, 0.6) is 5.75 Å². The Kier molecular flexibility index (Phi) is 11.0. The monoisotopic (exact) mass is 531 g/mol. The number of rotatable bonds is 13. The molecule has 0 radical (unpaired) electrons. The highest BCUT2D eigenvalue weighted by atomic mass is 16.6. The molecule has 2 aromatic carbocycles. The summed E-state index contributed by atoms with van der Waals surface area (Å²) in [4.78, 5) is 49.1. The molecule has 0 saturated heterocycles. The molecule has 2 atom stereocenters. The van der Waals surface area contributed by atoms with Crippen LogP contribution in [0.2, 0.25) is 0 Å². The number of esters is 1. The van der Waals surface area contributed by atoms with Crippen molar-refractivity contribution in [3.05, 3.63) is 58.1 Å². The van der Waals surface area contributed by atoms with Gasteiger partial charge >= 0.3 is 18.0 Å². The lowest BCUT2D eigenvalue weighted by molar-refractivity contribution is -0.384. The predicted octanol–water partition coefficient (Wildman–Crippen LogP) is 2.86. The third kappa shape index (κ3) is 8.44. The maximum Gasteiger partial charge on any atom is 0.336 e. The summed E-state index contributed by atoms with van der Waals surface area (Å²) in [5.74, 6) is -1.70. The van der Waals surface area contributed by atoms with Gasteiger partial charge in [-0.05, 0) is 42.2 Å². The van der Waals surface area contributed by atoms with Crippen LogP contribution < -0.4 is 10.1 Å². The molecular weight excluding hydrogens is 498 g/mol. The minimum absolute atomic E-state index is 0.0495. The van der Waals surface area contributed by atoms with Crippen LogP contribution in [0.1, 0.15) is 26.3 Å². The maximum atomic E-state index is 12.9. The number of benzene rings is 2. The number of ether oxygens (including phenoxy) is 2. The second-order valence-corrected chi connectivity index (χ2v) is 8.95. The van der Waals surface area contributed by atoms with E-state index in [1.807, 2.05) is 13.8 Å². The van der Waals surface area contributed by atoms with Crippen LogP contribution in [0.15, 0.2) is 42.5 Å². The van der Waals surface area contributed by atoms with E-state index in [4.69, 9.17) is 9.47 Å². The Balaban J connectivity index is 2.25. The van der Waals surface area contributed by atoms with E-state index in [1.54, 1.807) is 37.3 Å². The van der Waals surface area contributed by atoms with Gasteiger partial charge in [0, 0.05) is 19.0 Å². The largest absolute Gasteiger partial charge is 0.497 e. The van der Waals surface area contributed by atoms with Crippen LogP contribution in [0.25, 0.3) is 11.1 Å². The van der Waals surface area contributed by atoms with Gasteiger partial charge in [0.05, 0.1) is 30.7 Å². The van der Waals surface area contributed by atoms with Gasteiger partial charge in [-0.1, -0.05) is 32.0 Å². The molecule has 1 unspecified atom stereocenters. The summed E-state index contributed by atoms with van der Waals surface area (Å²) >= 11 is 0. The quantitative estimate of drug-likeness (QED) is 0.200. The van der Waals surface area contributed by atoms with Gasteiger partial charge in [0.2, 0.25) is 0 Å². The lowest BCUT2D eigenvalue weighted by atomic mass is 9.98. The Labute approximate surface area is 220 Å². The summed E-state index contributed by atoms with van der Waals surface area (Å²) in [6.45, 7) is 5.00. The molecule has 0 spiro atoms. The number of aliphatic hydroxyl groups excluding tert-OH is 1. The molecule has 0 fully saturated rings. The molecule has 2 aromatic rings. The number of nitro groups is 1. The Morgan fingerprint density at radius 3 is 2.29 bits per heavy atom. The normalized spacial score (nSPS) is 12.4. The minimum Gasteiger partial charge on any atom is -0.497 e. The number of carboxylic acid groups (broad SMARTS) is 1. The van der Waals surface area contributed by atoms with Crippen molar-refractivity contribution in [1.29, 1.82) is 0 Å². The van der Waals surface area contributed by atoms with Crippen molar-refractivity contribution in [2.24, 2.45) is 5.92 Å². The van der Waals surface area contributed by atoms with Crippen LogP contribution in [-0.4, -0.2) is 77.0 Å². The van der Waals surface area contributed by atoms with E-state index >= 15 is 0 Å². The fourth-order valence-electron chi connectivity index (χ4n) is 3.75. The number of amides is 2. The van der Waals surface area contributed by atoms with Crippen LogP contribution in [-0.2, 0) is 20.7 Å². The van der Waals surface area contributed by atoms with Gasteiger partial charge in [-0.2, -0.15) is 0 Å². The molecule has 0 bridgehead atoms. The molecule has 0 saturated carbocycles. The zero-order valence-corrected chi connectivity index (χ0v) is 21.7. The number of carboxylic acids is 1. The summed E-state index contributed by atoms with van der Waals surface area (Å²) in [5.41, 5.74) is 1.02.